The number of rotatable bonds is 6. The largest absolute Gasteiger partial charge is 0.0882 e. The van der Waals surface area contributed by atoms with Gasteiger partial charge in [-0.05, 0) is 24.8 Å². The van der Waals surface area contributed by atoms with E-state index in [1.54, 1.807) is 0 Å². The van der Waals surface area contributed by atoms with Crippen LogP contribution in [0.25, 0.3) is 0 Å². The fourth-order valence-electron chi connectivity index (χ4n) is 1.46. The quantitative estimate of drug-likeness (QED) is 0.459. The van der Waals surface area contributed by atoms with E-state index in [4.69, 9.17) is 0 Å². The SMILES string of the molecule is CCCCC/C=C/Cc1ccccc1. The second kappa shape index (κ2) is 7.37. The molecule has 14 heavy (non-hydrogen) atoms. The van der Waals surface area contributed by atoms with Crippen LogP contribution in [0, 0.1) is 0 Å². The van der Waals surface area contributed by atoms with Gasteiger partial charge in [0, 0.05) is 0 Å². The zero-order valence-corrected chi connectivity index (χ0v) is 9.08. The van der Waals surface area contributed by atoms with Crippen molar-refractivity contribution < 1.29 is 0 Å². The van der Waals surface area contributed by atoms with Crippen molar-refractivity contribution in [2.45, 2.75) is 39.0 Å². The lowest BCUT2D eigenvalue weighted by Crippen LogP contribution is -1.78. The summed E-state index contributed by atoms with van der Waals surface area (Å²) in [5, 5.41) is 0. The number of unbranched alkanes of at least 4 members (excludes halogenated alkanes) is 3. The Morgan fingerprint density at radius 1 is 1.00 bits per heavy atom. The lowest BCUT2D eigenvalue weighted by atomic mass is 10.1. The second-order valence-electron chi connectivity index (χ2n) is 3.66. The Labute approximate surface area is 87.7 Å². The van der Waals surface area contributed by atoms with Crippen LogP contribution in [-0.4, -0.2) is 0 Å². The molecule has 0 N–H and O–H groups in total. The summed E-state index contributed by atoms with van der Waals surface area (Å²) in [6, 6.07) is 10.6. The van der Waals surface area contributed by atoms with Gasteiger partial charge in [0.15, 0.2) is 0 Å². The summed E-state index contributed by atoms with van der Waals surface area (Å²) in [7, 11) is 0. The minimum atomic E-state index is 1.08. The molecule has 0 saturated carbocycles. The molecule has 0 radical (unpaired) electrons. The normalized spacial score (nSPS) is 10.9. The molecule has 0 spiro atoms. The average molecular weight is 188 g/mol. The molecule has 0 nitrogen and oxygen atoms in total. The van der Waals surface area contributed by atoms with Gasteiger partial charge in [-0.25, -0.2) is 0 Å². The van der Waals surface area contributed by atoms with Crippen molar-refractivity contribution in [3.05, 3.63) is 48.0 Å². The predicted octanol–water partition coefficient (Wildman–Crippen LogP) is 4.37. The Hall–Kier alpha value is -1.04. The number of allylic oxidation sites excluding steroid dienone is 2. The Bertz CT molecular complexity index is 246. The van der Waals surface area contributed by atoms with Gasteiger partial charge in [0.1, 0.15) is 0 Å². The van der Waals surface area contributed by atoms with E-state index < -0.39 is 0 Å². The van der Waals surface area contributed by atoms with Crippen molar-refractivity contribution >= 4 is 0 Å². The van der Waals surface area contributed by atoms with E-state index in [-0.39, 0.29) is 0 Å². The van der Waals surface area contributed by atoms with E-state index in [9.17, 15) is 0 Å². The molecular formula is C14H20. The third-order valence-electron chi connectivity index (χ3n) is 2.34. The molecular weight excluding hydrogens is 168 g/mol. The Balaban J connectivity index is 2.14. The van der Waals surface area contributed by atoms with Crippen LogP contribution in [0.5, 0.6) is 0 Å². The van der Waals surface area contributed by atoms with Crippen LogP contribution in [0.15, 0.2) is 42.5 Å². The van der Waals surface area contributed by atoms with E-state index >= 15 is 0 Å². The van der Waals surface area contributed by atoms with Gasteiger partial charge in [-0.15, -0.1) is 0 Å². The highest BCUT2D eigenvalue weighted by atomic mass is 13.9. The summed E-state index contributed by atoms with van der Waals surface area (Å²) < 4.78 is 0. The van der Waals surface area contributed by atoms with Crippen molar-refractivity contribution in [2.75, 3.05) is 0 Å². The van der Waals surface area contributed by atoms with Crippen molar-refractivity contribution in [3.63, 3.8) is 0 Å². The van der Waals surface area contributed by atoms with E-state index in [1.165, 1.54) is 31.2 Å². The highest BCUT2D eigenvalue weighted by molar-refractivity contribution is 5.17. The number of hydrogen-bond donors (Lipinski definition) is 0. The fourth-order valence-corrected chi connectivity index (χ4v) is 1.46. The first-order valence-corrected chi connectivity index (χ1v) is 5.62. The Morgan fingerprint density at radius 2 is 1.79 bits per heavy atom. The third kappa shape index (κ3) is 4.86. The van der Waals surface area contributed by atoms with Gasteiger partial charge in [-0.3, -0.25) is 0 Å². The summed E-state index contributed by atoms with van der Waals surface area (Å²) in [4.78, 5) is 0. The molecule has 0 unspecified atom stereocenters. The lowest BCUT2D eigenvalue weighted by molar-refractivity contribution is 0.728. The number of benzene rings is 1. The first kappa shape index (κ1) is 11.0. The van der Waals surface area contributed by atoms with Crippen LogP contribution in [0.3, 0.4) is 0 Å². The molecule has 1 aromatic carbocycles. The molecule has 0 saturated heterocycles. The molecule has 0 aromatic heterocycles. The van der Waals surface area contributed by atoms with E-state index in [0.29, 0.717) is 0 Å². The van der Waals surface area contributed by atoms with E-state index in [2.05, 4.69) is 49.4 Å². The zero-order valence-electron chi connectivity index (χ0n) is 9.08. The fraction of sp³-hybridized carbons (Fsp3) is 0.429. The van der Waals surface area contributed by atoms with Gasteiger partial charge in [0.25, 0.3) is 0 Å². The van der Waals surface area contributed by atoms with E-state index in [1.807, 2.05) is 0 Å². The molecule has 1 aromatic rings. The first-order chi connectivity index (χ1) is 6.93. The molecule has 0 aliphatic carbocycles. The molecule has 1 rings (SSSR count). The first-order valence-electron chi connectivity index (χ1n) is 5.62. The van der Waals surface area contributed by atoms with Crippen molar-refractivity contribution in [1.29, 1.82) is 0 Å². The summed E-state index contributed by atoms with van der Waals surface area (Å²) in [5.74, 6) is 0. The van der Waals surface area contributed by atoms with Gasteiger partial charge < -0.3 is 0 Å². The summed E-state index contributed by atoms with van der Waals surface area (Å²) >= 11 is 0. The third-order valence-corrected chi connectivity index (χ3v) is 2.34. The maximum atomic E-state index is 2.31. The van der Waals surface area contributed by atoms with Gasteiger partial charge in [-0.2, -0.15) is 0 Å². The molecule has 0 amide bonds. The van der Waals surface area contributed by atoms with Crippen LogP contribution < -0.4 is 0 Å². The van der Waals surface area contributed by atoms with Gasteiger partial charge >= 0.3 is 0 Å². The van der Waals surface area contributed by atoms with Crippen LogP contribution in [0.4, 0.5) is 0 Å². The average Bonchev–Trinajstić information content (AvgIpc) is 2.25. The summed E-state index contributed by atoms with van der Waals surface area (Å²) in [5.41, 5.74) is 1.40. The van der Waals surface area contributed by atoms with Crippen molar-refractivity contribution in [2.24, 2.45) is 0 Å². The molecule has 0 heterocycles. The minimum absolute atomic E-state index is 1.08. The summed E-state index contributed by atoms with van der Waals surface area (Å²) in [6.07, 6.45) is 10.9. The predicted molar refractivity (Wildman–Crippen MR) is 63.4 cm³/mol. The van der Waals surface area contributed by atoms with Gasteiger partial charge in [0.2, 0.25) is 0 Å². The second-order valence-corrected chi connectivity index (χ2v) is 3.66. The van der Waals surface area contributed by atoms with Gasteiger partial charge in [-0.1, -0.05) is 62.2 Å². The molecule has 0 heteroatoms. The minimum Gasteiger partial charge on any atom is -0.0882 e. The summed E-state index contributed by atoms with van der Waals surface area (Å²) in [6.45, 7) is 2.24. The van der Waals surface area contributed by atoms with Crippen molar-refractivity contribution in [3.8, 4) is 0 Å². The van der Waals surface area contributed by atoms with Crippen LogP contribution >= 0.6 is 0 Å². The molecule has 0 aliphatic heterocycles. The molecule has 76 valence electrons. The lowest BCUT2D eigenvalue weighted by Gasteiger charge is -1.94. The van der Waals surface area contributed by atoms with Crippen LogP contribution in [-0.2, 0) is 6.42 Å². The molecule has 0 atom stereocenters. The monoisotopic (exact) mass is 188 g/mol. The van der Waals surface area contributed by atoms with Crippen LogP contribution in [0.1, 0.15) is 38.2 Å². The van der Waals surface area contributed by atoms with Crippen LogP contribution in [0.2, 0.25) is 0 Å². The van der Waals surface area contributed by atoms with Gasteiger partial charge in [0.05, 0.1) is 0 Å². The molecule has 0 bridgehead atoms. The highest BCUT2D eigenvalue weighted by Gasteiger charge is 1.85. The number of hydrogen-bond acceptors (Lipinski definition) is 0. The maximum absolute atomic E-state index is 2.31. The van der Waals surface area contributed by atoms with Crippen molar-refractivity contribution in [1.82, 2.24) is 0 Å². The molecule has 0 aliphatic rings. The Kier molecular flexibility index (Phi) is 5.81. The topological polar surface area (TPSA) is 0 Å². The van der Waals surface area contributed by atoms with E-state index in [0.717, 1.165) is 6.42 Å². The standard InChI is InChI=1S/C14H20/c1-2-3-4-5-6-8-11-14-12-9-7-10-13-14/h6-10,12-13H,2-5,11H2,1H3/b8-6+. The molecule has 0 fully saturated rings. The maximum Gasteiger partial charge on any atom is -0.00975 e. The zero-order chi connectivity index (χ0) is 10.1. The smallest absolute Gasteiger partial charge is 0.00975 e. The highest BCUT2D eigenvalue weighted by Crippen LogP contribution is 2.03. The Morgan fingerprint density at radius 3 is 2.50 bits per heavy atom.